The molecule has 0 aliphatic carbocycles. The van der Waals surface area contributed by atoms with Crippen LogP contribution in [0.5, 0.6) is 0 Å². The third-order valence-electron chi connectivity index (χ3n) is 2.22. The standard InChI is InChI=1S/C10H10N2/c11-7-8-3-1-5-10-9(8)4-2-6-12-10/h1,3,5,12H,2,4,6H2. The van der Waals surface area contributed by atoms with Gasteiger partial charge in [-0.1, -0.05) is 6.07 Å². The van der Waals surface area contributed by atoms with Crippen molar-refractivity contribution in [2.75, 3.05) is 11.9 Å². The lowest BCUT2D eigenvalue weighted by atomic mass is 9.98. The molecular formula is C10H10N2. The first-order chi connectivity index (χ1) is 5.92. The Labute approximate surface area is 71.8 Å². The highest BCUT2D eigenvalue weighted by atomic mass is 14.9. The zero-order valence-electron chi connectivity index (χ0n) is 6.80. The van der Waals surface area contributed by atoms with Crippen LogP contribution in [-0.2, 0) is 6.42 Å². The summed E-state index contributed by atoms with van der Waals surface area (Å²) < 4.78 is 0. The molecule has 0 unspecified atom stereocenters. The van der Waals surface area contributed by atoms with Crippen molar-refractivity contribution < 1.29 is 0 Å². The van der Waals surface area contributed by atoms with E-state index in [2.05, 4.69) is 11.4 Å². The topological polar surface area (TPSA) is 35.8 Å². The van der Waals surface area contributed by atoms with E-state index in [0.29, 0.717) is 0 Å². The lowest BCUT2D eigenvalue weighted by Crippen LogP contribution is -2.12. The Bertz CT molecular complexity index is 336. The largest absolute Gasteiger partial charge is 0.385 e. The second kappa shape index (κ2) is 2.86. The van der Waals surface area contributed by atoms with Crippen LogP contribution in [0.15, 0.2) is 18.2 Å². The molecular weight excluding hydrogens is 148 g/mol. The lowest BCUT2D eigenvalue weighted by molar-refractivity contribution is 0.828. The van der Waals surface area contributed by atoms with Gasteiger partial charge in [0.05, 0.1) is 11.6 Å². The van der Waals surface area contributed by atoms with Gasteiger partial charge in [-0.15, -0.1) is 0 Å². The number of anilines is 1. The van der Waals surface area contributed by atoms with E-state index < -0.39 is 0 Å². The van der Waals surface area contributed by atoms with Gasteiger partial charge in [-0.25, -0.2) is 0 Å². The molecule has 0 fully saturated rings. The van der Waals surface area contributed by atoms with Crippen molar-refractivity contribution in [2.24, 2.45) is 0 Å². The van der Waals surface area contributed by atoms with E-state index in [9.17, 15) is 0 Å². The average Bonchev–Trinajstić information content (AvgIpc) is 2.17. The van der Waals surface area contributed by atoms with Crippen molar-refractivity contribution in [1.29, 1.82) is 5.26 Å². The molecule has 0 aromatic heterocycles. The third kappa shape index (κ3) is 1.04. The number of nitriles is 1. The summed E-state index contributed by atoms with van der Waals surface area (Å²) in [5.74, 6) is 0. The summed E-state index contributed by atoms with van der Waals surface area (Å²) >= 11 is 0. The normalized spacial score (nSPS) is 14.2. The lowest BCUT2D eigenvalue weighted by Gasteiger charge is -2.18. The summed E-state index contributed by atoms with van der Waals surface area (Å²) in [7, 11) is 0. The Hall–Kier alpha value is -1.49. The van der Waals surface area contributed by atoms with Gasteiger partial charge in [0.15, 0.2) is 0 Å². The molecule has 0 bridgehead atoms. The minimum absolute atomic E-state index is 0.819. The SMILES string of the molecule is N#Cc1cccc2c1CCCN2. The maximum atomic E-state index is 8.82. The minimum Gasteiger partial charge on any atom is -0.385 e. The van der Waals surface area contributed by atoms with Crippen molar-refractivity contribution in [3.8, 4) is 6.07 Å². The third-order valence-corrected chi connectivity index (χ3v) is 2.22. The highest BCUT2D eigenvalue weighted by Crippen LogP contribution is 2.24. The summed E-state index contributed by atoms with van der Waals surface area (Å²) in [5.41, 5.74) is 3.14. The molecule has 1 aliphatic rings. The number of nitrogens with zero attached hydrogens (tertiary/aromatic N) is 1. The van der Waals surface area contributed by atoms with E-state index in [4.69, 9.17) is 5.26 Å². The van der Waals surface area contributed by atoms with Crippen LogP contribution in [0.1, 0.15) is 17.5 Å². The molecule has 0 amide bonds. The number of fused-ring (bicyclic) bond motifs is 1. The Morgan fingerprint density at radius 3 is 3.17 bits per heavy atom. The number of rotatable bonds is 0. The molecule has 2 nitrogen and oxygen atoms in total. The molecule has 2 rings (SSSR count). The van der Waals surface area contributed by atoms with Gasteiger partial charge in [0.25, 0.3) is 0 Å². The van der Waals surface area contributed by atoms with E-state index in [1.54, 1.807) is 0 Å². The fraction of sp³-hybridized carbons (Fsp3) is 0.300. The van der Waals surface area contributed by atoms with Crippen LogP contribution in [0.4, 0.5) is 5.69 Å². The van der Waals surface area contributed by atoms with Gasteiger partial charge in [0, 0.05) is 12.2 Å². The van der Waals surface area contributed by atoms with Crippen LogP contribution >= 0.6 is 0 Å². The van der Waals surface area contributed by atoms with Crippen LogP contribution in [0.3, 0.4) is 0 Å². The van der Waals surface area contributed by atoms with Crippen LogP contribution in [0.2, 0.25) is 0 Å². The molecule has 12 heavy (non-hydrogen) atoms. The summed E-state index contributed by atoms with van der Waals surface area (Å²) in [6.45, 7) is 1.03. The molecule has 0 spiro atoms. The van der Waals surface area contributed by atoms with Crippen LogP contribution in [0, 0.1) is 11.3 Å². The number of benzene rings is 1. The van der Waals surface area contributed by atoms with Crippen LogP contribution < -0.4 is 5.32 Å². The Kier molecular flexibility index (Phi) is 1.71. The smallest absolute Gasteiger partial charge is 0.0995 e. The first-order valence-corrected chi connectivity index (χ1v) is 4.17. The molecule has 1 aliphatic heterocycles. The van der Waals surface area contributed by atoms with E-state index in [1.807, 2.05) is 18.2 Å². The van der Waals surface area contributed by atoms with Crippen molar-refractivity contribution in [2.45, 2.75) is 12.8 Å². The summed E-state index contributed by atoms with van der Waals surface area (Å²) in [6, 6.07) is 8.06. The Morgan fingerprint density at radius 1 is 1.42 bits per heavy atom. The monoisotopic (exact) mass is 158 g/mol. The zero-order chi connectivity index (χ0) is 8.39. The number of hydrogen-bond donors (Lipinski definition) is 1. The van der Waals surface area contributed by atoms with Crippen molar-refractivity contribution in [1.82, 2.24) is 0 Å². The summed E-state index contributed by atoms with van der Waals surface area (Å²) in [6.07, 6.45) is 2.16. The fourth-order valence-electron chi connectivity index (χ4n) is 1.61. The maximum Gasteiger partial charge on any atom is 0.0995 e. The van der Waals surface area contributed by atoms with E-state index in [-0.39, 0.29) is 0 Å². The van der Waals surface area contributed by atoms with Crippen molar-refractivity contribution in [3.05, 3.63) is 29.3 Å². The molecule has 0 radical (unpaired) electrons. The van der Waals surface area contributed by atoms with Gasteiger partial charge < -0.3 is 5.32 Å². The highest BCUT2D eigenvalue weighted by Gasteiger charge is 2.10. The molecule has 0 saturated carbocycles. The molecule has 1 aromatic rings. The van der Waals surface area contributed by atoms with Gasteiger partial charge in [-0.3, -0.25) is 0 Å². The Morgan fingerprint density at radius 2 is 2.33 bits per heavy atom. The Balaban J connectivity index is 2.53. The first kappa shape index (κ1) is 7.17. The number of hydrogen-bond acceptors (Lipinski definition) is 2. The van der Waals surface area contributed by atoms with E-state index >= 15 is 0 Å². The first-order valence-electron chi connectivity index (χ1n) is 4.17. The molecule has 0 saturated heterocycles. The average molecular weight is 158 g/mol. The zero-order valence-corrected chi connectivity index (χ0v) is 6.80. The van der Waals surface area contributed by atoms with Gasteiger partial charge in [-0.2, -0.15) is 5.26 Å². The minimum atomic E-state index is 0.819. The molecule has 1 heterocycles. The molecule has 0 atom stereocenters. The molecule has 2 heteroatoms. The molecule has 1 aromatic carbocycles. The highest BCUT2D eigenvalue weighted by molar-refractivity contribution is 5.59. The molecule has 1 N–H and O–H groups in total. The predicted octanol–water partition coefficient (Wildman–Crippen LogP) is 1.92. The molecule has 60 valence electrons. The second-order valence-corrected chi connectivity index (χ2v) is 2.97. The van der Waals surface area contributed by atoms with Crippen LogP contribution in [-0.4, -0.2) is 6.54 Å². The number of nitrogens with one attached hydrogen (secondary N) is 1. The van der Waals surface area contributed by atoms with Gasteiger partial charge in [0.1, 0.15) is 0 Å². The van der Waals surface area contributed by atoms with Crippen molar-refractivity contribution in [3.63, 3.8) is 0 Å². The van der Waals surface area contributed by atoms with E-state index in [1.165, 1.54) is 5.56 Å². The van der Waals surface area contributed by atoms with Gasteiger partial charge >= 0.3 is 0 Å². The predicted molar refractivity (Wildman–Crippen MR) is 48.0 cm³/mol. The van der Waals surface area contributed by atoms with Gasteiger partial charge in [-0.05, 0) is 30.5 Å². The van der Waals surface area contributed by atoms with Gasteiger partial charge in [0.2, 0.25) is 0 Å². The fourth-order valence-corrected chi connectivity index (χ4v) is 1.61. The maximum absolute atomic E-state index is 8.82. The quantitative estimate of drug-likeness (QED) is 0.626. The van der Waals surface area contributed by atoms with E-state index in [0.717, 1.165) is 30.6 Å². The summed E-state index contributed by atoms with van der Waals surface area (Å²) in [5, 5.41) is 12.1. The van der Waals surface area contributed by atoms with Crippen LogP contribution in [0.25, 0.3) is 0 Å². The second-order valence-electron chi connectivity index (χ2n) is 2.97. The summed E-state index contributed by atoms with van der Waals surface area (Å²) in [4.78, 5) is 0. The van der Waals surface area contributed by atoms with Crippen molar-refractivity contribution >= 4 is 5.69 Å².